The number of halogens is 4. The van der Waals surface area contributed by atoms with Gasteiger partial charge in [-0.05, 0) is 139 Å². The van der Waals surface area contributed by atoms with Gasteiger partial charge >= 0.3 is 0 Å². The molecule has 0 atom stereocenters. The van der Waals surface area contributed by atoms with E-state index in [1.807, 2.05) is 48.5 Å². The number of benzene rings is 8. The van der Waals surface area contributed by atoms with E-state index in [1.165, 1.54) is 0 Å². The molecule has 0 aliphatic heterocycles. The smallest absolute Gasteiger partial charge is 0.196 e. The fraction of sp³-hybridized carbons (Fsp3) is 0. The average molecular weight is 722 g/mol. The minimum Gasteiger partial charge on any atom is -0.289 e. The van der Waals surface area contributed by atoms with Crippen LogP contribution in [0.15, 0.2) is 88.1 Å². The van der Waals surface area contributed by atoms with Gasteiger partial charge in [-0.2, -0.15) is 0 Å². The van der Waals surface area contributed by atoms with Crippen LogP contribution in [0.4, 0.5) is 0 Å². The summed E-state index contributed by atoms with van der Waals surface area (Å²) in [4.78, 5) is 27.5. The molecule has 8 aromatic rings. The van der Waals surface area contributed by atoms with E-state index in [0.29, 0.717) is 21.5 Å². The van der Waals surface area contributed by atoms with Crippen LogP contribution in [0.3, 0.4) is 0 Å². The van der Waals surface area contributed by atoms with Crippen molar-refractivity contribution in [3.63, 3.8) is 0 Å². The van der Waals surface area contributed by atoms with Gasteiger partial charge in [-0.3, -0.25) is 9.59 Å². The Morgan fingerprint density at radius 1 is 0.417 bits per heavy atom. The zero-order valence-corrected chi connectivity index (χ0v) is 24.4. The highest BCUT2D eigenvalue weighted by Gasteiger charge is 2.24. The highest BCUT2D eigenvalue weighted by Crippen LogP contribution is 2.47. The predicted molar refractivity (Wildman–Crippen MR) is 166 cm³/mol. The third kappa shape index (κ3) is 2.51. The Morgan fingerprint density at radius 3 is 1.94 bits per heavy atom. The van der Waals surface area contributed by atoms with Crippen molar-refractivity contribution in [2.24, 2.45) is 0 Å². The normalized spacial score (nSPS) is 12.7. The van der Waals surface area contributed by atoms with E-state index in [2.05, 4.69) is 75.9 Å². The Bertz CT molecular complexity index is 2400. The average Bonchev–Trinajstić information content (AvgIpc) is 2.86. The molecule has 0 saturated carbocycles. The van der Waals surface area contributed by atoms with Gasteiger partial charge in [-0.15, -0.1) is 0 Å². The molecule has 0 radical (unpaired) electrons. The molecule has 0 aliphatic carbocycles. The fourth-order valence-corrected chi connectivity index (χ4v) is 7.95. The van der Waals surface area contributed by atoms with E-state index in [4.69, 9.17) is 0 Å². The van der Waals surface area contributed by atoms with Gasteiger partial charge in [0, 0.05) is 50.2 Å². The summed E-state index contributed by atoms with van der Waals surface area (Å²) in [7, 11) is 0. The van der Waals surface area contributed by atoms with Crippen LogP contribution in [0.25, 0.3) is 75.4 Å². The molecular formula is C30H10Br4O2. The van der Waals surface area contributed by atoms with Crippen LogP contribution in [0.2, 0.25) is 0 Å². The molecule has 0 aliphatic rings. The standard InChI is InChI=1S/C30H10Br4O2/c31-13-2-4-15-17(10-13)19-8-12-9-21(33)27-25-18(14-5-6-20(32)28(34)26(14)30(27)36)7-11-1-3-16(29(15)35)24(19)22(11)23(12)25/h1-10H. The van der Waals surface area contributed by atoms with Gasteiger partial charge in [-0.1, -0.05) is 28.1 Å². The summed E-state index contributed by atoms with van der Waals surface area (Å²) < 4.78 is 3.30. The van der Waals surface area contributed by atoms with E-state index in [1.54, 1.807) is 0 Å². The second-order valence-electron chi connectivity index (χ2n) is 9.27. The summed E-state index contributed by atoms with van der Waals surface area (Å²) in [5.41, 5.74) is 0.0141. The van der Waals surface area contributed by atoms with Gasteiger partial charge in [0.25, 0.3) is 0 Å². The van der Waals surface area contributed by atoms with Crippen molar-refractivity contribution >= 4 is 139 Å². The van der Waals surface area contributed by atoms with Crippen molar-refractivity contribution in [1.82, 2.24) is 0 Å². The third-order valence-electron chi connectivity index (χ3n) is 7.54. The van der Waals surface area contributed by atoms with Crippen LogP contribution >= 0.6 is 63.7 Å². The molecule has 2 nitrogen and oxygen atoms in total. The summed E-state index contributed by atoms with van der Waals surface area (Å²) in [6.07, 6.45) is 0. The molecule has 0 aromatic heterocycles. The van der Waals surface area contributed by atoms with E-state index in [-0.39, 0.29) is 10.9 Å². The van der Waals surface area contributed by atoms with Gasteiger partial charge in [0.2, 0.25) is 0 Å². The zero-order valence-electron chi connectivity index (χ0n) is 18.1. The SMILES string of the molecule is O=c1c2ccc(Br)cc2c2cc3cc(Br)c4c(=O)c5c(Br)c(Br)ccc5c5cc6ccc1c2c6c3c45. The summed E-state index contributed by atoms with van der Waals surface area (Å²) in [6.45, 7) is 0. The fourth-order valence-electron chi connectivity index (χ4n) is 6.11. The zero-order chi connectivity index (χ0) is 24.6. The molecular weight excluding hydrogens is 712 g/mol. The first-order valence-corrected chi connectivity index (χ1v) is 14.4. The molecule has 0 spiro atoms. The molecule has 0 fully saturated rings. The van der Waals surface area contributed by atoms with Crippen LogP contribution in [0.1, 0.15) is 0 Å². The molecule has 0 bridgehead atoms. The van der Waals surface area contributed by atoms with Gasteiger partial charge in [-0.25, -0.2) is 0 Å². The summed E-state index contributed by atoms with van der Waals surface area (Å²) in [5, 5.41) is 12.7. The van der Waals surface area contributed by atoms with Gasteiger partial charge in [0.15, 0.2) is 10.9 Å². The number of rotatable bonds is 0. The first-order chi connectivity index (χ1) is 17.3. The number of hydrogen-bond acceptors (Lipinski definition) is 2. The lowest BCUT2D eigenvalue weighted by atomic mass is 9.84. The maximum absolute atomic E-state index is 13.9. The number of fused-ring (bicyclic) bond motifs is 4. The Hall–Kier alpha value is -2.38. The van der Waals surface area contributed by atoms with Crippen molar-refractivity contribution in [3.05, 3.63) is 99.0 Å². The lowest BCUT2D eigenvalue weighted by Gasteiger charge is -2.19. The van der Waals surface area contributed by atoms with Crippen LogP contribution in [0, 0.1) is 0 Å². The van der Waals surface area contributed by atoms with Crippen molar-refractivity contribution in [2.45, 2.75) is 0 Å². The van der Waals surface area contributed by atoms with Crippen molar-refractivity contribution in [3.8, 4) is 0 Å². The maximum atomic E-state index is 13.9. The molecule has 0 heterocycles. The van der Waals surface area contributed by atoms with Gasteiger partial charge < -0.3 is 0 Å². The maximum Gasteiger partial charge on any atom is 0.196 e. The van der Waals surface area contributed by atoms with E-state index < -0.39 is 0 Å². The van der Waals surface area contributed by atoms with Crippen molar-refractivity contribution < 1.29 is 0 Å². The molecule has 170 valence electrons. The summed E-state index contributed by atoms with van der Waals surface area (Å²) >= 11 is 14.5. The molecule has 0 saturated heterocycles. The summed E-state index contributed by atoms with van der Waals surface area (Å²) in [6, 6.07) is 20.2. The highest BCUT2D eigenvalue weighted by atomic mass is 79.9. The minimum atomic E-state index is -0.0200. The lowest BCUT2D eigenvalue weighted by molar-refractivity contribution is 1.64. The van der Waals surface area contributed by atoms with E-state index in [0.717, 1.165) is 71.8 Å². The van der Waals surface area contributed by atoms with Gasteiger partial charge in [0.05, 0.1) is 0 Å². The molecule has 0 amide bonds. The molecule has 8 aromatic carbocycles. The molecule has 0 unspecified atom stereocenters. The first-order valence-electron chi connectivity index (χ1n) is 11.2. The van der Waals surface area contributed by atoms with Crippen molar-refractivity contribution in [1.29, 1.82) is 0 Å². The Balaban J connectivity index is 1.78. The molecule has 6 heteroatoms. The second kappa shape index (κ2) is 7.13. The predicted octanol–water partition coefficient (Wildman–Crippen LogP) is 9.84. The van der Waals surface area contributed by atoms with Crippen molar-refractivity contribution in [2.75, 3.05) is 0 Å². The quantitative estimate of drug-likeness (QED) is 0.115. The number of hydrogen-bond donors (Lipinski definition) is 0. The largest absolute Gasteiger partial charge is 0.289 e. The van der Waals surface area contributed by atoms with Crippen LogP contribution in [-0.2, 0) is 0 Å². The topological polar surface area (TPSA) is 34.1 Å². The lowest BCUT2D eigenvalue weighted by Crippen LogP contribution is -2.07. The van der Waals surface area contributed by atoms with Gasteiger partial charge in [0.1, 0.15) is 0 Å². The van der Waals surface area contributed by atoms with Crippen LogP contribution < -0.4 is 10.9 Å². The molecule has 8 rings (SSSR count). The molecule has 0 N–H and O–H groups in total. The van der Waals surface area contributed by atoms with E-state index in [9.17, 15) is 9.59 Å². The monoisotopic (exact) mass is 718 g/mol. The third-order valence-corrected chi connectivity index (χ3v) is 10.7. The van der Waals surface area contributed by atoms with Crippen LogP contribution in [-0.4, -0.2) is 0 Å². The van der Waals surface area contributed by atoms with Crippen LogP contribution in [0.5, 0.6) is 0 Å². The second-order valence-corrected chi connectivity index (χ2v) is 12.7. The highest BCUT2D eigenvalue weighted by molar-refractivity contribution is 9.13. The summed E-state index contributed by atoms with van der Waals surface area (Å²) in [5.74, 6) is 0. The first kappa shape index (κ1) is 21.7. The minimum absolute atomic E-state index is 0.0200. The Labute approximate surface area is 236 Å². The Morgan fingerprint density at radius 2 is 1.11 bits per heavy atom. The molecule has 36 heavy (non-hydrogen) atoms. The van der Waals surface area contributed by atoms with E-state index >= 15 is 0 Å². The Kier molecular flexibility index (Phi) is 4.30.